The molecule has 2 rings (SSSR count). The molecule has 0 fully saturated rings. The van der Waals surface area contributed by atoms with Crippen LogP contribution >= 0.6 is 12.4 Å². The number of rotatable bonds is 8. The van der Waals surface area contributed by atoms with Gasteiger partial charge in [-0.05, 0) is 49.1 Å². The molecule has 3 nitrogen and oxygen atoms in total. The van der Waals surface area contributed by atoms with Crippen molar-refractivity contribution in [1.29, 1.82) is 0 Å². The number of halogens is 1. The van der Waals surface area contributed by atoms with Crippen LogP contribution in [0, 0.1) is 0 Å². The Bertz CT molecular complexity index is 575. The van der Waals surface area contributed by atoms with Gasteiger partial charge in [0, 0.05) is 13.1 Å². The topological polar surface area (TPSA) is 43.7 Å². The third kappa shape index (κ3) is 6.51. The van der Waals surface area contributed by atoms with Crippen LogP contribution in [0.5, 0.6) is 11.5 Å². The second-order valence-corrected chi connectivity index (χ2v) is 5.65. The molecule has 0 amide bonds. The second-order valence-electron chi connectivity index (χ2n) is 5.65. The van der Waals surface area contributed by atoms with Gasteiger partial charge in [0.05, 0.1) is 0 Å². The predicted molar refractivity (Wildman–Crippen MR) is 97.6 cm³/mol. The van der Waals surface area contributed by atoms with Crippen LogP contribution in [0.2, 0.25) is 0 Å². The van der Waals surface area contributed by atoms with Crippen LogP contribution in [0.4, 0.5) is 0 Å². The summed E-state index contributed by atoms with van der Waals surface area (Å²) in [6.45, 7) is 5.28. The van der Waals surface area contributed by atoms with Gasteiger partial charge in [-0.1, -0.05) is 43.3 Å². The van der Waals surface area contributed by atoms with Gasteiger partial charge in [-0.25, -0.2) is 0 Å². The molecule has 0 aromatic heterocycles. The van der Waals surface area contributed by atoms with E-state index in [2.05, 4.69) is 36.1 Å². The van der Waals surface area contributed by atoms with Crippen LogP contribution < -0.4 is 0 Å². The van der Waals surface area contributed by atoms with E-state index < -0.39 is 0 Å². The Morgan fingerprint density at radius 1 is 0.783 bits per heavy atom. The Kier molecular flexibility index (Phi) is 8.52. The molecule has 126 valence electrons. The number of benzene rings is 2. The summed E-state index contributed by atoms with van der Waals surface area (Å²) in [6.07, 6.45) is 3.07. The first kappa shape index (κ1) is 19.3. The third-order valence-corrected chi connectivity index (χ3v) is 3.86. The maximum absolute atomic E-state index is 9.56. The van der Waals surface area contributed by atoms with Gasteiger partial charge in [0.15, 0.2) is 11.5 Å². The molecular weight excluding hydrogens is 310 g/mol. The van der Waals surface area contributed by atoms with Crippen LogP contribution in [0.1, 0.15) is 24.5 Å². The average Bonchev–Trinajstić information content (AvgIpc) is 2.54. The minimum atomic E-state index is -0.0572. The SMILES string of the molecule is CCCN(CCc1ccccc1)CCc1ccc(O)c(O)c1.Cl. The lowest BCUT2D eigenvalue weighted by atomic mass is 10.1. The third-order valence-electron chi connectivity index (χ3n) is 3.86. The van der Waals surface area contributed by atoms with E-state index in [9.17, 15) is 10.2 Å². The monoisotopic (exact) mass is 335 g/mol. The quantitative estimate of drug-likeness (QED) is 0.716. The van der Waals surface area contributed by atoms with Gasteiger partial charge in [0.1, 0.15) is 0 Å². The van der Waals surface area contributed by atoms with Crippen LogP contribution in [-0.2, 0) is 12.8 Å². The van der Waals surface area contributed by atoms with E-state index in [1.165, 1.54) is 5.56 Å². The molecule has 0 aliphatic carbocycles. The van der Waals surface area contributed by atoms with Crippen LogP contribution in [0.15, 0.2) is 48.5 Å². The van der Waals surface area contributed by atoms with Gasteiger partial charge < -0.3 is 15.1 Å². The number of aromatic hydroxyl groups is 2. The molecule has 0 radical (unpaired) electrons. The van der Waals surface area contributed by atoms with E-state index in [1.54, 1.807) is 12.1 Å². The molecule has 0 spiro atoms. The summed E-state index contributed by atoms with van der Waals surface area (Å²) in [5.74, 6) is -0.0953. The summed E-state index contributed by atoms with van der Waals surface area (Å²) in [5.41, 5.74) is 2.42. The molecule has 4 heteroatoms. The molecular formula is C19H26ClNO2. The molecule has 0 atom stereocenters. The Morgan fingerprint density at radius 3 is 2.04 bits per heavy atom. The van der Waals surface area contributed by atoms with E-state index in [0.717, 1.165) is 44.5 Å². The lowest BCUT2D eigenvalue weighted by Gasteiger charge is -2.21. The van der Waals surface area contributed by atoms with Crippen molar-refractivity contribution in [3.8, 4) is 11.5 Å². The fourth-order valence-corrected chi connectivity index (χ4v) is 2.60. The first-order valence-electron chi connectivity index (χ1n) is 7.96. The summed E-state index contributed by atoms with van der Waals surface area (Å²) >= 11 is 0. The van der Waals surface area contributed by atoms with Crippen molar-refractivity contribution in [3.05, 3.63) is 59.7 Å². The first-order valence-corrected chi connectivity index (χ1v) is 7.96. The van der Waals surface area contributed by atoms with Crippen molar-refractivity contribution in [2.24, 2.45) is 0 Å². The fourth-order valence-electron chi connectivity index (χ4n) is 2.60. The van der Waals surface area contributed by atoms with Crippen molar-refractivity contribution in [2.75, 3.05) is 19.6 Å². The Morgan fingerprint density at radius 2 is 1.43 bits per heavy atom. The number of hydrogen-bond acceptors (Lipinski definition) is 3. The van der Waals surface area contributed by atoms with Crippen LogP contribution in [-0.4, -0.2) is 34.7 Å². The number of hydrogen-bond donors (Lipinski definition) is 2. The molecule has 0 heterocycles. The molecule has 0 saturated carbocycles. The van der Waals surface area contributed by atoms with Gasteiger partial charge in [0.25, 0.3) is 0 Å². The molecule has 2 aromatic rings. The van der Waals surface area contributed by atoms with Crippen LogP contribution in [0.25, 0.3) is 0 Å². The lowest BCUT2D eigenvalue weighted by molar-refractivity contribution is 0.281. The van der Waals surface area contributed by atoms with Gasteiger partial charge in [-0.15, -0.1) is 12.4 Å². The van der Waals surface area contributed by atoms with Crippen molar-refractivity contribution in [3.63, 3.8) is 0 Å². The second kappa shape index (κ2) is 10.1. The highest BCUT2D eigenvalue weighted by Gasteiger charge is 2.06. The molecule has 2 N–H and O–H groups in total. The normalized spacial score (nSPS) is 10.5. The highest BCUT2D eigenvalue weighted by molar-refractivity contribution is 5.85. The highest BCUT2D eigenvalue weighted by Crippen LogP contribution is 2.25. The summed E-state index contributed by atoms with van der Waals surface area (Å²) in [6, 6.07) is 15.6. The summed E-state index contributed by atoms with van der Waals surface area (Å²) in [4.78, 5) is 2.46. The Hall–Kier alpha value is -1.71. The van der Waals surface area contributed by atoms with Gasteiger partial charge >= 0.3 is 0 Å². The van der Waals surface area contributed by atoms with Crippen molar-refractivity contribution in [1.82, 2.24) is 4.90 Å². The summed E-state index contributed by atoms with van der Waals surface area (Å²) < 4.78 is 0. The zero-order valence-electron chi connectivity index (χ0n) is 13.6. The molecule has 0 aliphatic heterocycles. The highest BCUT2D eigenvalue weighted by atomic mass is 35.5. The fraction of sp³-hybridized carbons (Fsp3) is 0.368. The maximum Gasteiger partial charge on any atom is 0.157 e. The molecule has 0 aliphatic rings. The van der Waals surface area contributed by atoms with Crippen molar-refractivity contribution < 1.29 is 10.2 Å². The molecule has 23 heavy (non-hydrogen) atoms. The van der Waals surface area contributed by atoms with Crippen molar-refractivity contribution in [2.45, 2.75) is 26.2 Å². The number of nitrogens with zero attached hydrogens (tertiary/aromatic N) is 1. The smallest absolute Gasteiger partial charge is 0.157 e. The van der Waals surface area contributed by atoms with E-state index in [4.69, 9.17) is 0 Å². The number of phenolic OH excluding ortho intramolecular Hbond substituents is 2. The average molecular weight is 336 g/mol. The zero-order valence-corrected chi connectivity index (χ0v) is 14.4. The molecule has 0 unspecified atom stereocenters. The lowest BCUT2D eigenvalue weighted by Crippen LogP contribution is -2.29. The van der Waals surface area contributed by atoms with Gasteiger partial charge in [-0.2, -0.15) is 0 Å². The van der Waals surface area contributed by atoms with Crippen molar-refractivity contribution >= 4 is 12.4 Å². The number of phenols is 2. The molecule has 0 bridgehead atoms. The summed E-state index contributed by atoms with van der Waals surface area (Å²) in [7, 11) is 0. The largest absolute Gasteiger partial charge is 0.504 e. The minimum absolute atomic E-state index is 0. The van der Waals surface area contributed by atoms with E-state index in [1.807, 2.05) is 12.1 Å². The Balaban J connectivity index is 0.00000264. The zero-order chi connectivity index (χ0) is 15.8. The van der Waals surface area contributed by atoms with E-state index >= 15 is 0 Å². The first-order chi connectivity index (χ1) is 10.7. The molecule has 0 saturated heterocycles. The minimum Gasteiger partial charge on any atom is -0.504 e. The predicted octanol–water partition coefficient (Wildman–Crippen LogP) is 4.02. The molecule has 2 aromatic carbocycles. The standard InChI is InChI=1S/C19H25NO2.ClH/c1-2-12-20(13-10-16-6-4-3-5-7-16)14-11-17-8-9-18(21)19(22)15-17;/h3-9,15,21-22H,2,10-14H2,1H3;1H. The van der Waals surface area contributed by atoms with Gasteiger partial charge in [-0.3, -0.25) is 0 Å². The van der Waals surface area contributed by atoms with Crippen LogP contribution in [0.3, 0.4) is 0 Å². The van der Waals surface area contributed by atoms with Gasteiger partial charge in [0.2, 0.25) is 0 Å². The van der Waals surface area contributed by atoms with E-state index in [0.29, 0.717) is 0 Å². The van der Waals surface area contributed by atoms with E-state index in [-0.39, 0.29) is 23.9 Å². The maximum atomic E-state index is 9.56. The Labute approximate surface area is 145 Å². The summed E-state index contributed by atoms with van der Waals surface area (Å²) in [5, 5.41) is 18.9.